The van der Waals surface area contributed by atoms with E-state index in [4.69, 9.17) is 5.11 Å². The van der Waals surface area contributed by atoms with Gasteiger partial charge in [-0.25, -0.2) is 0 Å². The number of halogens is 2. The smallest absolute Gasteiger partial charge is 0.318 e. The fourth-order valence-electron chi connectivity index (χ4n) is 1.46. The predicted octanol–water partition coefficient (Wildman–Crippen LogP) is 4.51. The van der Waals surface area contributed by atoms with Crippen LogP contribution in [0.5, 0.6) is 0 Å². The lowest BCUT2D eigenvalue weighted by atomic mass is 10.1. The number of allylic oxidation sites excluding steroid dienone is 1. The van der Waals surface area contributed by atoms with E-state index < -0.39 is 10.8 Å². The van der Waals surface area contributed by atoms with Gasteiger partial charge in [0.2, 0.25) is 0 Å². The maximum atomic E-state index is 10.7. The summed E-state index contributed by atoms with van der Waals surface area (Å²) in [5.41, 5.74) is 0. The van der Waals surface area contributed by atoms with Crippen molar-refractivity contribution < 1.29 is 9.90 Å². The summed E-state index contributed by atoms with van der Waals surface area (Å²) >= 11 is 6.55. The monoisotopic (exact) mass is 354 g/mol. The van der Waals surface area contributed by atoms with Crippen LogP contribution in [-0.4, -0.2) is 20.7 Å². The lowest BCUT2D eigenvalue weighted by Crippen LogP contribution is -2.23. The molecule has 94 valence electrons. The molecule has 16 heavy (non-hydrogen) atoms. The molecule has 0 aliphatic rings. The van der Waals surface area contributed by atoms with Crippen LogP contribution in [-0.2, 0) is 4.79 Å². The zero-order chi connectivity index (χ0) is 12.4. The van der Waals surface area contributed by atoms with E-state index >= 15 is 0 Å². The maximum absolute atomic E-state index is 10.7. The zero-order valence-electron chi connectivity index (χ0n) is 9.50. The minimum absolute atomic E-state index is 0.0261. The van der Waals surface area contributed by atoms with Crippen molar-refractivity contribution in [2.24, 2.45) is 0 Å². The molecule has 0 spiro atoms. The molecular formula is C12H20Br2O2. The van der Waals surface area contributed by atoms with E-state index in [0.717, 1.165) is 19.3 Å². The summed E-state index contributed by atoms with van der Waals surface area (Å²) in [7, 11) is 0. The summed E-state index contributed by atoms with van der Waals surface area (Å²) in [4.78, 5) is 10.2. The summed E-state index contributed by atoms with van der Waals surface area (Å²) < 4.78 is 0. The number of unbranched alkanes of at least 4 members (excludes halogenated alkanes) is 5. The molecule has 0 aromatic rings. The molecule has 2 unspecified atom stereocenters. The topological polar surface area (TPSA) is 37.3 Å². The molecule has 0 saturated heterocycles. The van der Waals surface area contributed by atoms with Gasteiger partial charge in [-0.2, -0.15) is 0 Å². The lowest BCUT2D eigenvalue weighted by Gasteiger charge is -2.12. The highest BCUT2D eigenvalue weighted by Crippen LogP contribution is 2.21. The van der Waals surface area contributed by atoms with Crippen molar-refractivity contribution in [3.8, 4) is 0 Å². The van der Waals surface area contributed by atoms with Crippen LogP contribution in [0, 0.1) is 0 Å². The first-order chi connectivity index (χ1) is 7.59. The Morgan fingerprint density at radius 3 is 2.31 bits per heavy atom. The van der Waals surface area contributed by atoms with E-state index in [9.17, 15) is 4.79 Å². The molecule has 2 nitrogen and oxygen atoms in total. The average Bonchev–Trinajstić information content (AvgIpc) is 2.26. The summed E-state index contributed by atoms with van der Waals surface area (Å²) in [6.07, 6.45) is 9.92. The first-order valence-electron chi connectivity index (χ1n) is 5.71. The lowest BCUT2D eigenvalue weighted by molar-refractivity contribution is -0.136. The van der Waals surface area contributed by atoms with Gasteiger partial charge in [0, 0.05) is 4.83 Å². The van der Waals surface area contributed by atoms with Crippen LogP contribution in [0.2, 0.25) is 0 Å². The molecular weight excluding hydrogens is 336 g/mol. The molecule has 0 radical (unpaired) electrons. The van der Waals surface area contributed by atoms with E-state index in [2.05, 4.69) is 38.4 Å². The number of hydrogen-bond donors (Lipinski definition) is 1. The van der Waals surface area contributed by atoms with Crippen molar-refractivity contribution >= 4 is 37.8 Å². The second-order valence-corrected chi connectivity index (χ2v) is 6.05. The second kappa shape index (κ2) is 10.3. The third-order valence-corrected chi connectivity index (χ3v) is 5.17. The van der Waals surface area contributed by atoms with E-state index in [1.54, 1.807) is 0 Å². The third kappa shape index (κ3) is 8.34. The summed E-state index contributed by atoms with van der Waals surface area (Å²) in [5.74, 6) is -0.798. The quantitative estimate of drug-likeness (QED) is 0.355. The van der Waals surface area contributed by atoms with E-state index in [1.165, 1.54) is 25.7 Å². The number of hydrogen-bond acceptors (Lipinski definition) is 1. The van der Waals surface area contributed by atoms with Gasteiger partial charge in [-0.1, -0.05) is 63.6 Å². The molecule has 0 aliphatic carbocycles. The number of carboxylic acid groups (broad SMARTS) is 1. The molecule has 0 rings (SSSR count). The van der Waals surface area contributed by atoms with Crippen LogP contribution < -0.4 is 0 Å². The second-order valence-electron chi connectivity index (χ2n) is 3.89. The normalized spacial score (nSPS) is 14.4. The van der Waals surface area contributed by atoms with Gasteiger partial charge in [-0.15, -0.1) is 6.58 Å². The van der Waals surface area contributed by atoms with Gasteiger partial charge >= 0.3 is 5.97 Å². The summed E-state index contributed by atoms with van der Waals surface area (Å²) in [6, 6.07) is 0. The Labute approximate surface area is 115 Å². The van der Waals surface area contributed by atoms with Crippen molar-refractivity contribution in [3.63, 3.8) is 0 Å². The van der Waals surface area contributed by atoms with Crippen molar-refractivity contribution in [2.45, 2.75) is 54.6 Å². The first kappa shape index (κ1) is 16.2. The molecule has 0 aliphatic heterocycles. The van der Waals surface area contributed by atoms with Crippen LogP contribution in [0.1, 0.15) is 44.9 Å². The van der Waals surface area contributed by atoms with Gasteiger partial charge in [-0.05, 0) is 19.3 Å². The van der Waals surface area contributed by atoms with Gasteiger partial charge in [0.15, 0.2) is 0 Å². The van der Waals surface area contributed by atoms with Crippen LogP contribution in [0.25, 0.3) is 0 Å². The largest absolute Gasteiger partial charge is 0.480 e. The van der Waals surface area contributed by atoms with Crippen LogP contribution in [0.4, 0.5) is 0 Å². The Morgan fingerprint density at radius 2 is 1.75 bits per heavy atom. The Bertz CT molecular complexity index is 207. The Hall–Kier alpha value is 0.170. The van der Waals surface area contributed by atoms with E-state index in [1.807, 2.05) is 6.08 Å². The SMILES string of the molecule is C=CCCCCCCCC(Br)C(Br)C(=O)O. The minimum Gasteiger partial charge on any atom is -0.480 e. The van der Waals surface area contributed by atoms with Crippen molar-refractivity contribution in [3.05, 3.63) is 12.7 Å². The van der Waals surface area contributed by atoms with Crippen LogP contribution in [0.15, 0.2) is 12.7 Å². The fraction of sp³-hybridized carbons (Fsp3) is 0.750. The molecule has 0 fully saturated rings. The third-order valence-electron chi connectivity index (χ3n) is 2.44. The Morgan fingerprint density at radius 1 is 1.19 bits per heavy atom. The molecule has 0 aromatic heterocycles. The van der Waals surface area contributed by atoms with Crippen molar-refractivity contribution in [1.82, 2.24) is 0 Å². The van der Waals surface area contributed by atoms with Gasteiger partial charge in [-0.3, -0.25) is 4.79 Å². The summed E-state index contributed by atoms with van der Waals surface area (Å²) in [5, 5.41) is 8.77. The van der Waals surface area contributed by atoms with Crippen LogP contribution >= 0.6 is 31.9 Å². The van der Waals surface area contributed by atoms with Gasteiger partial charge in [0.05, 0.1) is 0 Å². The van der Waals surface area contributed by atoms with Gasteiger partial charge < -0.3 is 5.11 Å². The Kier molecular flexibility index (Phi) is 10.4. The minimum atomic E-state index is -0.798. The number of aliphatic carboxylic acids is 1. The standard InChI is InChI=1S/C12H20Br2O2/c1-2-3-4-5-6-7-8-9-10(13)11(14)12(15)16/h2,10-11H,1,3-9H2,(H,15,16). The average molecular weight is 356 g/mol. The number of carbonyl (C=O) groups is 1. The summed E-state index contributed by atoms with van der Waals surface area (Å²) in [6.45, 7) is 3.69. The maximum Gasteiger partial charge on any atom is 0.318 e. The molecule has 0 amide bonds. The highest BCUT2D eigenvalue weighted by atomic mass is 79.9. The van der Waals surface area contributed by atoms with Gasteiger partial charge in [0.1, 0.15) is 4.83 Å². The highest BCUT2D eigenvalue weighted by Gasteiger charge is 2.21. The van der Waals surface area contributed by atoms with Crippen LogP contribution in [0.3, 0.4) is 0 Å². The predicted molar refractivity (Wildman–Crippen MR) is 75.6 cm³/mol. The van der Waals surface area contributed by atoms with Gasteiger partial charge in [0.25, 0.3) is 0 Å². The van der Waals surface area contributed by atoms with Crippen molar-refractivity contribution in [2.75, 3.05) is 0 Å². The molecule has 0 aromatic carbocycles. The van der Waals surface area contributed by atoms with E-state index in [-0.39, 0.29) is 4.83 Å². The molecule has 2 atom stereocenters. The number of carboxylic acids is 1. The van der Waals surface area contributed by atoms with Crippen molar-refractivity contribution in [1.29, 1.82) is 0 Å². The first-order valence-corrected chi connectivity index (χ1v) is 7.54. The molecule has 4 heteroatoms. The fourth-order valence-corrected chi connectivity index (χ4v) is 2.27. The number of rotatable bonds is 10. The zero-order valence-corrected chi connectivity index (χ0v) is 12.7. The molecule has 0 saturated carbocycles. The molecule has 0 bridgehead atoms. The van der Waals surface area contributed by atoms with E-state index in [0.29, 0.717) is 0 Å². The molecule has 1 N–H and O–H groups in total. The highest BCUT2D eigenvalue weighted by molar-refractivity contribution is 9.12. The Balaban J connectivity index is 3.37. The number of alkyl halides is 2. The molecule has 0 heterocycles.